The quantitative estimate of drug-likeness (QED) is 0.418. The van der Waals surface area contributed by atoms with Crippen LogP contribution in [0.2, 0.25) is 0 Å². The van der Waals surface area contributed by atoms with E-state index in [1.807, 2.05) is 6.92 Å². The summed E-state index contributed by atoms with van der Waals surface area (Å²) >= 11 is 0. The molecule has 2 saturated heterocycles. The van der Waals surface area contributed by atoms with E-state index in [1.165, 1.54) is 5.57 Å². The number of fused-ring (bicyclic) bond motifs is 4. The lowest BCUT2D eigenvalue weighted by atomic mass is 9.76. The minimum absolute atomic E-state index is 0.0320. The zero-order chi connectivity index (χ0) is 17.5. The van der Waals surface area contributed by atoms with Gasteiger partial charge in [0.05, 0.1) is 17.8 Å². The number of carbonyl (C=O) groups excluding carboxylic acids is 1. The van der Waals surface area contributed by atoms with Gasteiger partial charge in [-0.2, -0.15) is 0 Å². The van der Waals surface area contributed by atoms with Gasteiger partial charge >= 0.3 is 5.97 Å². The first-order chi connectivity index (χ1) is 11.3. The van der Waals surface area contributed by atoms with Gasteiger partial charge < -0.3 is 14.6 Å². The summed E-state index contributed by atoms with van der Waals surface area (Å²) < 4.78 is 11.9. The van der Waals surface area contributed by atoms with Crippen molar-refractivity contribution in [2.75, 3.05) is 0 Å². The van der Waals surface area contributed by atoms with Crippen molar-refractivity contribution in [2.24, 2.45) is 11.8 Å². The van der Waals surface area contributed by atoms with E-state index in [0.29, 0.717) is 18.4 Å². The Morgan fingerprint density at radius 1 is 1.38 bits per heavy atom. The molecular weight excluding hydrogens is 304 g/mol. The average molecular weight is 334 g/mol. The molecule has 3 aliphatic heterocycles. The van der Waals surface area contributed by atoms with Gasteiger partial charge in [-0.3, -0.25) is 0 Å². The standard InChI is InChI=1S/C20H30O4/c1-12-7-5-9-13(2)17-18-15(14(3)19(21)24-18)11-16(23-17)20(4,22)10-6-8-12/h8,13,15-18,22H,3,5-7,9-11H2,1-2,4H3/b12-8+/t13?,15-,16?,17?,18?,20-/m0/s1. The van der Waals surface area contributed by atoms with Gasteiger partial charge in [-0.05, 0) is 58.3 Å². The van der Waals surface area contributed by atoms with E-state index >= 15 is 0 Å². The molecule has 1 N–H and O–H groups in total. The van der Waals surface area contributed by atoms with Gasteiger partial charge in [0, 0.05) is 11.5 Å². The highest BCUT2D eigenvalue weighted by molar-refractivity contribution is 5.90. The molecule has 6 atom stereocenters. The molecule has 0 amide bonds. The second-order valence-corrected chi connectivity index (χ2v) is 8.14. The van der Waals surface area contributed by atoms with Crippen molar-refractivity contribution in [1.29, 1.82) is 0 Å². The molecule has 0 aromatic carbocycles. The molecule has 0 aliphatic carbocycles. The summed E-state index contributed by atoms with van der Waals surface area (Å²) in [6.45, 7) is 10.1. The predicted octanol–water partition coefficient (Wildman–Crippen LogP) is 3.54. The van der Waals surface area contributed by atoms with Crippen molar-refractivity contribution in [3.8, 4) is 0 Å². The molecule has 134 valence electrons. The van der Waals surface area contributed by atoms with E-state index in [0.717, 1.165) is 25.7 Å². The largest absolute Gasteiger partial charge is 0.456 e. The molecule has 24 heavy (non-hydrogen) atoms. The lowest BCUT2D eigenvalue weighted by Crippen LogP contribution is -2.54. The fraction of sp³-hybridized carbons (Fsp3) is 0.750. The first kappa shape index (κ1) is 17.7. The summed E-state index contributed by atoms with van der Waals surface area (Å²) in [5.41, 5.74) is 1.03. The number of aliphatic hydroxyl groups is 1. The molecule has 0 aromatic rings. The second kappa shape index (κ2) is 6.64. The van der Waals surface area contributed by atoms with E-state index in [1.54, 1.807) is 0 Å². The lowest BCUT2D eigenvalue weighted by Gasteiger charge is -2.45. The Kier molecular flexibility index (Phi) is 4.89. The van der Waals surface area contributed by atoms with Crippen molar-refractivity contribution in [3.05, 3.63) is 23.8 Å². The average Bonchev–Trinajstić information content (AvgIpc) is 2.80. The van der Waals surface area contributed by atoms with E-state index in [2.05, 4.69) is 26.5 Å². The number of hydrogen-bond donors (Lipinski definition) is 1. The lowest BCUT2D eigenvalue weighted by molar-refractivity contribution is -0.208. The summed E-state index contributed by atoms with van der Waals surface area (Å²) in [5, 5.41) is 11.0. The van der Waals surface area contributed by atoms with Crippen molar-refractivity contribution in [3.63, 3.8) is 0 Å². The number of hydrogen-bond acceptors (Lipinski definition) is 4. The van der Waals surface area contributed by atoms with Gasteiger partial charge in [-0.1, -0.05) is 25.2 Å². The highest BCUT2D eigenvalue weighted by atomic mass is 16.6. The zero-order valence-electron chi connectivity index (χ0n) is 15.1. The molecule has 0 radical (unpaired) electrons. The molecule has 0 saturated carbocycles. The monoisotopic (exact) mass is 334 g/mol. The molecule has 2 fully saturated rings. The maximum Gasteiger partial charge on any atom is 0.334 e. The van der Waals surface area contributed by atoms with Crippen LogP contribution in [0.25, 0.3) is 0 Å². The molecule has 4 unspecified atom stereocenters. The smallest absolute Gasteiger partial charge is 0.334 e. The fourth-order valence-electron chi connectivity index (χ4n) is 4.36. The van der Waals surface area contributed by atoms with Crippen LogP contribution in [-0.2, 0) is 14.3 Å². The third-order valence-corrected chi connectivity index (χ3v) is 6.09. The maximum atomic E-state index is 12.0. The Hall–Kier alpha value is -1.13. The zero-order valence-corrected chi connectivity index (χ0v) is 15.1. The predicted molar refractivity (Wildman–Crippen MR) is 92.4 cm³/mol. The molecule has 4 heteroatoms. The molecule has 3 aliphatic rings. The maximum absolute atomic E-state index is 12.0. The van der Waals surface area contributed by atoms with Crippen LogP contribution >= 0.6 is 0 Å². The Morgan fingerprint density at radius 2 is 2.12 bits per heavy atom. The summed E-state index contributed by atoms with van der Waals surface area (Å²) in [6.07, 6.45) is 6.87. The molecule has 3 rings (SSSR count). The van der Waals surface area contributed by atoms with Crippen LogP contribution in [0.1, 0.15) is 59.3 Å². The van der Waals surface area contributed by atoms with Gasteiger partial charge in [0.15, 0.2) is 0 Å². The van der Waals surface area contributed by atoms with E-state index < -0.39 is 5.60 Å². The van der Waals surface area contributed by atoms with Gasteiger partial charge in [-0.15, -0.1) is 0 Å². The Labute approximate surface area is 144 Å². The van der Waals surface area contributed by atoms with Crippen LogP contribution in [0.5, 0.6) is 0 Å². The Bertz CT molecular complexity index is 548. The van der Waals surface area contributed by atoms with Gasteiger partial charge in [-0.25, -0.2) is 4.79 Å². The third kappa shape index (κ3) is 3.31. The second-order valence-electron chi connectivity index (χ2n) is 8.14. The highest BCUT2D eigenvalue weighted by Crippen LogP contribution is 2.44. The normalized spacial score (nSPS) is 46.2. The highest BCUT2D eigenvalue weighted by Gasteiger charge is 2.53. The minimum Gasteiger partial charge on any atom is -0.456 e. The molecule has 0 spiro atoms. The number of carbonyl (C=O) groups is 1. The van der Waals surface area contributed by atoms with Crippen molar-refractivity contribution in [2.45, 2.75) is 83.2 Å². The number of ether oxygens (including phenoxy) is 2. The van der Waals surface area contributed by atoms with Crippen LogP contribution in [0, 0.1) is 11.8 Å². The van der Waals surface area contributed by atoms with Crippen molar-refractivity contribution < 1.29 is 19.4 Å². The van der Waals surface area contributed by atoms with Crippen LogP contribution in [-0.4, -0.2) is 35.0 Å². The summed E-state index contributed by atoms with van der Waals surface area (Å²) in [6, 6.07) is 0. The van der Waals surface area contributed by atoms with Gasteiger partial charge in [0.2, 0.25) is 0 Å². The first-order valence-corrected chi connectivity index (χ1v) is 9.23. The van der Waals surface area contributed by atoms with Crippen LogP contribution in [0.3, 0.4) is 0 Å². The number of allylic oxidation sites excluding steroid dienone is 2. The molecule has 4 nitrogen and oxygen atoms in total. The van der Waals surface area contributed by atoms with Crippen molar-refractivity contribution in [1.82, 2.24) is 0 Å². The van der Waals surface area contributed by atoms with E-state index in [4.69, 9.17) is 9.47 Å². The van der Waals surface area contributed by atoms with Crippen molar-refractivity contribution >= 4 is 5.97 Å². The summed E-state index contributed by atoms with van der Waals surface area (Å²) in [7, 11) is 0. The van der Waals surface area contributed by atoms with Crippen LogP contribution in [0.4, 0.5) is 0 Å². The molecule has 2 bridgehead atoms. The van der Waals surface area contributed by atoms with Gasteiger partial charge in [0.25, 0.3) is 0 Å². The fourth-order valence-corrected chi connectivity index (χ4v) is 4.36. The first-order valence-electron chi connectivity index (χ1n) is 9.23. The minimum atomic E-state index is -0.912. The van der Waals surface area contributed by atoms with E-state index in [9.17, 15) is 9.90 Å². The number of rotatable bonds is 0. The summed E-state index contributed by atoms with van der Waals surface area (Å²) in [4.78, 5) is 12.0. The SMILES string of the molecule is C=C1C(=O)OC2C3OC(C[C@@H]12)[C@@](C)(O)CC/C=C(\C)CCCC3C. The number of esters is 1. The third-order valence-electron chi connectivity index (χ3n) is 6.09. The Morgan fingerprint density at radius 3 is 2.88 bits per heavy atom. The van der Waals surface area contributed by atoms with Crippen LogP contribution < -0.4 is 0 Å². The Balaban J connectivity index is 1.90. The topological polar surface area (TPSA) is 55.8 Å². The van der Waals surface area contributed by atoms with Crippen LogP contribution in [0.15, 0.2) is 23.8 Å². The molecule has 3 heterocycles. The molecular formula is C20H30O4. The van der Waals surface area contributed by atoms with E-state index in [-0.39, 0.29) is 36.1 Å². The summed E-state index contributed by atoms with van der Waals surface area (Å²) in [5.74, 6) is -0.0506. The van der Waals surface area contributed by atoms with Gasteiger partial charge in [0.1, 0.15) is 6.10 Å². The molecule has 0 aromatic heterocycles.